The van der Waals surface area contributed by atoms with Crippen molar-refractivity contribution in [3.05, 3.63) is 42.2 Å². The van der Waals surface area contributed by atoms with Crippen LogP contribution in [-0.2, 0) is 5.41 Å². The summed E-state index contributed by atoms with van der Waals surface area (Å²) < 4.78 is 0. The van der Waals surface area contributed by atoms with E-state index in [-0.39, 0.29) is 5.41 Å². The van der Waals surface area contributed by atoms with Gasteiger partial charge >= 0.3 is 0 Å². The highest BCUT2D eigenvalue weighted by Crippen LogP contribution is 2.24. The van der Waals surface area contributed by atoms with E-state index in [9.17, 15) is 0 Å². The third-order valence-corrected chi connectivity index (χ3v) is 2.87. The molecule has 5 heteroatoms. The molecule has 0 saturated carbocycles. The highest BCUT2D eigenvalue weighted by atomic mass is 15.1. The predicted molar refractivity (Wildman–Crippen MR) is 79.7 cm³/mol. The van der Waals surface area contributed by atoms with Crippen molar-refractivity contribution in [1.29, 1.82) is 5.26 Å². The molecule has 0 aliphatic heterocycles. The summed E-state index contributed by atoms with van der Waals surface area (Å²) in [5, 5.41) is 14.2. The zero-order valence-electron chi connectivity index (χ0n) is 11.8. The van der Waals surface area contributed by atoms with Crippen LogP contribution in [0.5, 0.6) is 0 Å². The zero-order chi connectivity index (χ0) is 14.6. The van der Waals surface area contributed by atoms with Crippen LogP contribution in [0.4, 0.5) is 17.3 Å². The lowest BCUT2D eigenvalue weighted by atomic mass is 9.87. The molecular weight excluding hydrogens is 250 g/mol. The van der Waals surface area contributed by atoms with Gasteiger partial charge in [0.1, 0.15) is 18.0 Å². The third-order valence-electron chi connectivity index (χ3n) is 2.87. The molecule has 20 heavy (non-hydrogen) atoms. The molecule has 5 nitrogen and oxygen atoms in total. The van der Waals surface area contributed by atoms with Crippen LogP contribution in [0.3, 0.4) is 0 Å². The topological polar surface area (TPSA) is 73.6 Å². The number of aromatic nitrogens is 2. The molecule has 0 bridgehead atoms. The van der Waals surface area contributed by atoms with Crippen LogP contribution in [0.1, 0.15) is 26.3 Å². The Hall–Kier alpha value is -2.61. The number of benzene rings is 1. The summed E-state index contributed by atoms with van der Waals surface area (Å²) in [6, 6.07) is 9.90. The first-order chi connectivity index (χ1) is 9.49. The van der Waals surface area contributed by atoms with Gasteiger partial charge in [-0.25, -0.2) is 9.97 Å². The van der Waals surface area contributed by atoms with Gasteiger partial charge in [-0.2, -0.15) is 5.26 Å². The van der Waals surface area contributed by atoms with Gasteiger partial charge < -0.3 is 5.32 Å². The van der Waals surface area contributed by atoms with E-state index in [1.807, 2.05) is 18.3 Å². The lowest BCUT2D eigenvalue weighted by Gasteiger charge is -2.19. The Bertz CT molecular complexity index is 620. The summed E-state index contributed by atoms with van der Waals surface area (Å²) in [6.07, 6.45) is 3.24. The van der Waals surface area contributed by atoms with Crippen LogP contribution in [-0.4, -0.2) is 9.97 Å². The van der Waals surface area contributed by atoms with E-state index in [0.29, 0.717) is 11.6 Å². The molecule has 1 heterocycles. The third kappa shape index (κ3) is 3.45. The average molecular weight is 267 g/mol. The second kappa shape index (κ2) is 5.57. The van der Waals surface area contributed by atoms with Crippen LogP contribution < -0.4 is 10.6 Å². The molecule has 0 aliphatic carbocycles. The molecule has 1 aromatic carbocycles. The fourth-order valence-electron chi connectivity index (χ4n) is 1.75. The molecule has 0 spiro atoms. The van der Waals surface area contributed by atoms with Crippen LogP contribution in [0.25, 0.3) is 0 Å². The standard InChI is InChI=1S/C15H17N5/c1-15(2,3)11-4-6-12(7-5-11)20-14-8-13(17-9-16)18-10-19-14/h4-8,10H,1-3H3,(H2,17,18,19,20). The predicted octanol–water partition coefficient (Wildman–Crippen LogP) is 3.41. The maximum atomic E-state index is 8.57. The first-order valence-corrected chi connectivity index (χ1v) is 6.34. The Kier molecular flexibility index (Phi) is 3.85. The molecule has 0 aliphatic rings. The van der Waals surface area contributed by atoms with Gasteiger partial charge in [0.05, 0.1) is 0 Å². The van der Waals surface area contributed by atoms with E-state index in [0.717, 1.165) is 5.69 Å². The van der Waals surface area contributed by atoms with Crippen molar-refractivity contribution in [2.75, 3.05) is 10.6 Å². The normalized spacial score (nSPS) is 10.7. The summed E-state index contributed by atoms with van der Waals surface area (Å²) in [4.78, 5) is 8.05. The SMILES string of the molecule is CC(C)(C)c1ccc(Nc2cc(NC#N)ncn2)cc1. The van der Waals surface area contributed by atoms with Crippen molar-refractivity contribution >= 4 is 17.3 Å². The van der Waals surface area contributed by atoms with E-state index < -0.39 is 0 Å². The van der Waals surface area contributed by atoms with Gasteiger partial charge in [-0.3, -0.25) is 5.32 Å². The molecule has 2 rings (SSSR count). The Labute approximate surface area is 118 Å². The molecule has 2 aromatic rings. The van der Waals surface area contributed by atoms with Crippen LogP contribution in [0.2, 0.25) is 0 Å². The number of hydrogen-bond donors (Lipinski definition) is 2. The second-order valence-electron chi connectivity index (χ2n) is 5.48. The molecule has 2 N–H and O–H groups in total. The lowest BCUT2D eigenvalue weighted by molar-refractivity contribution is 0.590. The number of hydrogen-bond acceptors (Lipinski definition) is 5. The molecule has 0 fully saturated rings. The highest BCUT2D eigenvalue weighted by Gasteiger charge is 2.12. The van der Waals surface area contributed by atoms with E-state index >= 15 is 0 Å². The smallest absolute Gasteiger partial charge is 0.182 e. The molecule has 0 unspecified atom stereocenters. The van der Waals surface area contributed by atoms with Gasteiger partial charge in [-0.1, -0.05) is 32.9 Å². The minimum atomic E-state index is 0.136. The van der Waals surface area contributed by atoms with Crippen LogP contribution in [0.15, 0.2) is 36.7 Å². The lowest BCUT2D eigenvalue weighted by Crippen LogP contribution is -2.10. The quantitative estimate of drug-likeness (QED) is 0.658. The number of nitrogens with one attached hydrogen (secondary N) is 2. The Morgan fingerprint density at radius 2 is 1.70 bits per heavy atom. The zero-order valence-corrected chi connectivity index (χ0v) is 11.8. The number of rotatable bonds is 3. The van der Waals surface area contributed by atoms with Crippen molar-refractivity contribution < 1.29 is 0 Å². The summed E-state index contributed by atoms with van der Waals surface area (Å²) in [6.45, 7) is 6.54. The Morgan fingerprint density at radius 1 is 1.05 bits per heavy atom. The fourth-order valence-corrected chi connectivity index (χ4v) is 1.75. The molecule has 0 atom stereocenters. The van der Waals surface area contributed by atoms with Crippen molar-refractivity contribution in [2.24, 2.45) is 0 Å². The van der Waals surface area contributed by atoms with E-state index in [4.69, 9.17) is 5.26 Å². The average Bonchev–Trinajstić information content (AvgIpc) is 2.39. The maximum Gasteiger partial charge on any atom is 0.182 e. The number of anilines is 3. The van der Waals surface area contributed by atoms with Gasteiger partial charge in [0.2, 0.25) is 0 Å². The van der Waals surface area contributed by atoms with Crippen LogP contribution >= 0.6 is 0 Å². The molecule has 0 radical (unpaired) electrons. The Morgan fingerprint density at radius 3 is 2.30 bits per heavy atom. The monoisotopic (exact) mass is 267 g/mol. The van der Waals surface area contributed by atoms with Crippen molar-refractivity contribution in [3.8, 4) is 6.19 Å². The molecule has 0 amide bonds. The minimum absolute atomic E-state index is 0.136. The van der Waals surface area contributed by atoms with Crippen molar-refractivity contribution in [3.63, 3.8) is 0 Å². The molecule has 0 saturated heterocycles. The minimum Gasteiger partial charge on any atom is -0.340 e. The van der Waals surface area contributed by atoms with Gasteiger partial charge in [0.15, 0.2) is 6.19 Å². The number of nitrogens with zero attached hydrogens (tertiary/aromatic N) is 3. The molecule has 102 valence electrons. The second-order valence-corrected chi connectivity index (χ2v) is 5.48. The Balaban J connectivity index is 2.14. The van der Waals surface area contributed by atoms with Crippen LogP contribution in [0, 0.1) is 11.5 Å². The highest BCUT2D eigenvalue weighted by molar-refractivity contribution is 5.59. The molecule has 1 aromatic heterocycles. The van der Waals surface area contributed by atoms with E-state index in [2.05, 4.69) is 53.5 Å². The maximum absolute atomic E-state index is 8.57. The van der Waals surface area contributed by atoms with Gasteiger partial charge in [-0.05, 0) is 23.1 Å². The fraction of sp³-hybridized carbons (Fsp3) is 0.267. The largest absolute Gasteiger partial charge is 0.340 e. The van der Waals surface area contributed by atoms with Gasteiger partial charge in [-0.15, -0.1) is 0 Å². The first kappa shape index (κ1) is 13.8. The van der Waals surface area contributed by atoms with E-state index in [1.165, 1.54) is 11.9 Å². The van der Waals surface area contributed by atoms with Gasteiger partial charge in [0, 0.05) is 11.8 Å². The summed E-state index contributed by atoms with van der Waals surface area (Å²) in [5.74, 6) is 1.11. The summed E-state index contributed by atoms with van der Waals surface area (Å²) >= 11 is 0. The summed E-state index contributed by atoms with van der Waals surface area (Å²) in [5.41, 5.74) is 2.36. The van der Waals surface area contributed by atoms with Gasteiger partial charge in [0.25, 0.3) is 0 Å². The van der Waals surface area contributed by atoms with Crippen molar-refractivity contribution in [1.82, 2.24) is 9.97 Å². The first-order valence-electron chi connectivity index (χ1n) is 6.34. The van der Waals surface area contributed by atoms with Crippen molar-refractivity contribution in [2.45, 2.75) is 26.2 Å². The number of nitriles is 1. The summed E-state index contributed by atoms with van der Waals surface area (Å²) in [7, 11) is 0. The van der Waals surface area contributed by atoms with E-state index in [1.54, 1.807) is 6.07 Å². The molecular formula is C15H17N5.